The van der Waals surface area contributed by atoms with E-state index in [9.17, 15) is 0 Å². The lowest BCUT2D eigenvalue weighted by atomic mass is 9.93. The summed E-state index contributed by atoms with van der Waals surface area (Å²) in [5.41, 5.74) is 4.20. The van der Waals surface area contributed by atoms with Gasteiger partial charge in [0.15, 0.2) is 0 Å². The van der Waals surface area contributed by atoms with Crippen LogP contribution in [0.1, 0.15) is 30.0 Å². The van der Waals surface area contributed by atoms with Crippen LogP contribution in [0.25, 0.3) is 0 Å². The smallest absolute Gasteiger partial charge is 0.0537 e. The van der Waals surface area contributed by atoms with E-state index in [4.69, 9.17) is 0 Å². The second-order valence-corrected chi connectivity index (χ2v) is 3.69. The Bertz CT molecular complexity index is 339. The van der Waals surface area contributed by atoms with Crippen molar-refractivity contribution in [1.82, 2.24) is 0 Å². The summed E-state index contributed by atoms with van der Waals surface area (Å²) >= 11 is 0. The highest BCUT2D eigenvalue weighted by Crippen LogP contribution is 2.20. The Balaban J connectivity index is 2.41. The molecule has 0 spiro atoms. The Kier molecular flexibility index (Phi) is 2.17. The summed E-state index contributed by atoms with van der Waals surface area (Å²) in [6.07, 6.45) is 4.29. The third-order valence-electron chi connectivity index (χ3n) is 2.78. The molecule has 0 aliphatic carbocycles. The number of benzene rings is 1. The quantitative estimate of drug-likeness (QED) is 0.619. The maximum absolute atomic E-state index is 4.51. The molecule has 0 bridgehead atoms. The average Bonchev–Trinajstić information content (AvgIpc) is 2.18. The molecule has 1 atom stereocenters. The third kappa shape index (κ3) is 1.51. The molecule has 1 heterocycles. The van der Waals surface area contributed by atoms with Gasteiger partial charge in [-0.05, 0) is 36.5 Å². The van der Waals surface area contributed by atoms with Gasteiger partial charge in [0.1, 0.15) is 0 Å². The maximum atomic E-state index is 4.51. The van der Waals surface area contributed by atoms with E-state index in [1.165, 1.54) is 16.7 Å². The number of hydrogen-bond acceptors (Lipinski definition) is 1. The first-order chi connectivity index (χ1) is 6.31. The van der Waals surface area contributed by atoms with Gasteiger partial charge in [0, 0.05) is 6.21 Å². The van der Waals surface area contributed by atoms with Crippen molar-refractivity contribution in [3.05, 3.63) is 34.9 Å². The van der Waals surface area contributed by atoms with E-state index in [1.807, 2.05) is 6.21 Å². The van der Waals surface area contributed by atoms with Crippen LogP contribution in [0, 0.1) is 6.92 Å². The first-order valence-corrected chi connectivity index (χ1v) is 4.93. The van der Waals surface area contributed by atoms with E-state index < -0.39 is 0 Å². The van der Waals surface area contributed by atoms with Crippen molar-refractivity contribution in [2.75, 3.05) is 0 Å². The van der Waals surface area contributed by atoms with Crippen LogP contribution in [-0.2, 0) is 6.42 Å². The van der Waals surface area contributed by atoms with E-state index in [2.05, 4.69) is 37.0 Å². The molecule has 1 nitrogen and oxygen atoms in total. The molecule has 1 aromatic carbocycles. The molecule has 0 fully saturated rings. The molecule has 0 radical (unpaired) electrons. The van der Waals surface area contributed by atoms with Gasteiger partial charge in [0.2, 0.25) is 0 Å². The van der Waals surface area contributed by atoms with Crippen molar-refractivity contribution in [3.63, 3.8) is 0 Å². The molecule has 2 rings (SSSR count). The minimum absolute atomic E-state index is 0.508. The van der Waals surface area contributed by atoms with Crippen molar-refractivity contribution in [3.8, 4) is 0 Å². The molecular weight excluding hydrogens is 158 g/mol. The Morgan fingerprint density at radius 1 is 1.46 bits per heavy atom. The van der Waals surface area contributed by atoms with Gasteiger partial charge in [-0.1, -0.05) is 25.1 Å². The lowest BCUT2D eigenvalue weighted by molar-refractivity contribution is 0.641. The van der Waals surface area contributed by atoms with Gasteiger partial charge in [-0.2, -0.15) is 0 Å². The molecule has 0 saturated heterocycles. The topological polar surface area (TPSA) is 12.4 Å². The van der Waals surface area contributed by atoms with E-state index in [-0.39, 0.29) is 0 Å². The molecule has 0 saturated carbocycles. The second-order valence-electron chi connectivity index (χ2n) is 3.69. The van der Waals surface area contributed by atoms with Crippen molar-refractivity contribution >= 4 is 6.21 Å². The van der Waals surface area contributed by atoms with Crippen LogP contribution in [0.3, 0.4) is 0 Å². The number of aryl methyl sites for hydroxylation is 1. The largest absolute Gasteiger partial charge is 0.289 e. The summed E-state index contributed by atoms with van der Waals surface area (Å²) in [6.45, 7) is 4.38. The van der Waals surface area contributed by atoms with Gasteiger partial charge in [-0.15, -0.1) is 0 Å². The lowest BCUT2D eigenvalue weighted by Crippen LogP contribution is -2.15. The van der Waals surface area contributed by atoms with Crippen molar-refractivity contribution in [2.24, 2.45) is 4.99 Å². The predicted octanol–water partition coefficient (Wildman–Crippen LogP) is 2.75. The van der Waals surface area contributed by atoms with E-state index >= 15 is 0 Å². The van der Waals surface area contributed by atoms with Crippen LogP contribution >= 0.6 is 0 Å². The number of hydrogen-bond donors (Lipinski definition) is 0. The number of rotatable bonds is 1. The SMILES string of the molecule is CC[C@H]1Cc2c(C)cccc2C=N1. The molecule has 68 valence electrons. The van der Waals surface area contributed by atoms with Gasteiger partial charge >= 0.3 is 0 Å². The van der Waals surface area contributed by atoms with Gasteiger partial charge in [-0.25, -0.2) is 0 Å². The van der Waals surface area contributed by atoms with E-state index in [0.717, 1.165) is 12.8 Å². The molecule has 1 heteroatoms. The van der Waals surface area contributed by atoms with E-state index in [1.54, 1.807) is 0 Å². The van der Waals surface area contributed by atoms with E-state index in [0.29, 0.717) is 6.04 Å². The fourth-order valence-corrected chi connectivity index (χ4v) is 1.85. The summed E-state index contributed by atoms with van der Waals surface area (Å²) in [5, 5.41) is 0. The number of aliphatic imine (C=N–C) groups is 1. The highest BCUT2D eigenvalue weighted by molar-refractivity contribution is 5.83. The Labute approximate surface area is 79.5 Å². The maximum Gasteiger partial charge on any atom is 0.0537 e. The van der Waals surface area contributed by atoms with Gasteiger partial charge < -0.3 is 0 Å². The standard InChI is InChI=1S/C12H15N/c1-3-11-7-12-9(2)5-4-6-10(12)8-13-11/h4-6,8,11H,3,7H2,1-2H3/t11-/m0/s1. The molecule has 0 aromatic heterocycles. The van der Waals surface area contributed by atoms with Crippen LogP contribution < -0.4 is 0 Å². The number of nitrogens with zero attached hydrogens (tertiary/aromatic N) is 1. The molecule has 0 unspecified atom stereocenters. The average molecular weight is 173 g/mol. The zero-order chi connectivity index (χ0) is 9.26. The zero-order valence-electron chi connectivity index (χ0n) is 8.25. The highest BCUT2D eigenvalue weighted by atomic mass is 14.8. The van der Waals surface area contributed by atoms with Crippen molar-refractivity contribution in [2.45, 2.75) is 32.7 Å². The summed E-state index contributed by atoms with van der Waals surface area (Å²) in [4.78, 5) is 4.51. The summed E-state index contributed by atoms with van der Waals surface area (Å²) in [7, 11) is 0. The van der Waals surface area contributed by atoms with Crippen LogP contribution in [0.15, 0.2) is 23.2 Å². The summed E-state index contributed by atoms with van der Waals surface area (Å²) in [6, 6.07) is 6.95. The third-order valence-corrected chi connectivity index (χ3v) is 2.78. The Hall–Kier alpha value is -1.11. The lowest BCUT2D eigenvalue weighted by Gasteiger charge is -2.19. The highest BCUT2D eigenvalue weighted by Gasteiger charge is 2.14. The van der Waals surface area contributed by atoms with Gasteiger partial charge in [0.25, 0.3) is 0 Å². The first kappa shape index (κ1) is 8.49. The number of fused-ring (bicyclic) bond motifs is 1. The van der Waals surface area contributed by atoms with Gasteiger partial charge in [-0.3, -0.25) is 4.99 Å². The van der Waals surface area contributed by atoms with Crippen LogP contribution in [0.2, 0.25) is 0 Å². The predicted molar refractivity (Wildman–Crippen MR) is 56.6 cm³/mol. The minimum Gasteiger partial charge on any atom is -0.289 e. The molecule has 13 heavy (non-hydrogen) atoms. The normalized spacial score (nSPS) is 20.0. The molecule has 0 amide bonds. The van der Waals surface area contributed by atoms with Crippen molar-refractivity contribution in [1.29, 1.82) is 0 Å². The summed E-state index contributed by atoms with van der Waals surface area (Å²) in [5.74, 6) is 0. The molecule has 1 aliphatic heterocycles. The zero-order valence-corrected chi connectivity index (χ0v) is 8.25. The molecule has 1 aromatic rings. The first-order valence-electron chi connectivity index (χ1n) is 4.93. The second kappa shape index (κ2) is 3.33. The fourth-order valence-electron chi connectivity index (χ4n) is 1.85. The molecular formula is C12H15N. The van der Waals surface area contributed by atoms with Gasteiger partial charge in [0.05, 0.1) is 6.04 Å². The minimum atomic E-state index is 0.508. The fraction of sp³-hybridized carbons (Fsp3) is 0.417. The molecule has 0 N–H and O–H groups in total. The summed E-state index contributed by atoms with van der Waals surface area (Å²) < 4.78 is 0. The molecule has 1 aliphatic rings. The van der Waals surface area contributed by atoms with Crippen molar-refractivity contribution < 1.29 is 0 Å². The Morgan fingerprint density at radius 2 is 2.31 bits per heavy atom. The van der Waals surface area contributed by atoms with Crippen LogP contribution in [-0.4, -0.2) is 12.3 Å². The Morgan fingerprint density at radius 3 is 3.08 bits per heavy atom. The van der Waals surface area contributed by atoms with Crippen LogP contribution in [0.5, 0.6) is 0 Å². The monoisotopic (exact) mass is 173 g/mol. The van der Waals surface area contributed by atoms with Crippen LogP contribution in [0.4, 0.5) is 0 Å².